The molecule has 0 spiro atoms. The number of nitrogens with one attached hydrogen (secondary N) is 1. The number of furan rings is 1. The van der Waals surface area contributed by atoms with E-state index >= 15 is 0 Å². The molecule has 3 N–H and O–H groups in total. The highest BCUT2D eigenvalue weighted by atomic mass is 32.2. The van der Waals surface area contributed by atoms with Crippen molar-refractivity contribution in [2.24, 2.45) is 11.7 Å². The van der Waals surface area contributed by atoms with Gasteiger partial charge in [0.2, 0.25) is 10.0 Å². The fourth-order valence-electron chi connectivity index (χ4n) is 2.17. The number of nitrogens with two attached hydrogens (primary N) is 1. The first-order valence-electron chi connectivity index (χ1n) is 5.74. The van der Waals surface area contributed by atoms with Crippen molar-refractivity contribution in [2.75, 3.05) is 0 Å². The van der Waals surface area contributed by atoms with Gasteiger partial charge in [-0.3, -0.25) is 0 Å². The summed E-state index contributed by atoms with van der Waals surface area (Å²) in [4.78, 5) is 0.206. The molecule has 1 heterocycles. The smallest absolute Gasteiger partial charge is 0.244 e. The number of hydrogen-bond acceptors (Lipinski definition) is 4. The third kappa shape index (κ3) is 2.53. The van der Waals surface area contributed by atoms with E-state index in [9.17, 15) is 8.42 Å². The van der Waals surface area contributed by atoms with E-state index < -0.39 is 10.0 Å². The first-order valence-corrected chi connectivity index (χ1v) is 7.22. The van der Waals surface area contributed by atoms with Crippen LogP contribution in [0.15, 0.2) is 15.4 Å². The average Bonchev–Trinajstić information content (AvgIpc) is 2.58. The lowest BCUT2D eigenvalue weighted by Gasteiger charge is -2.32. The molecule has 0 atom stereocenters. The Hall–Kier alpha value is -0.850. The summed E-state index contributed by atoms with van der Waals surface area (Å²) in [6.45, 7) is 3.95. The molecular formula is C11H18N2O3S. The summed E-state index contributed by atoms with van der Waals surface area (Å²) in [6, 6.07) is 1.56. The van der Waals surface area contributed by atoms with Gasteiger partial charge in [-0.15, -0.1) is 0 Å². The molecule has 1 aliphatic rings. The van der Waals surface area contributed by atoms with E-state index in [1.165, 1.54) is 6.07 Å². The summed E-state index contributed by atoms with van der Waals surface area (Å²) in [5.41, 5.74) is 5.42. The molecular weight excluding hydrogens is 240 g/mol. The van der Waals surface area contributed by atoms with E-state index in [1.807, 2.05) is 0 Å². The Labute approximate surface area is 101 Å². The van der Waals surface area contributed by atoms with Crippen LogP contribution in [0.2, 0.25) is 0 Å². The standard InChI is InChI=1S/C11H18N2O3S/c1-7-3-9(4-7)13-17(14,15)11-5-10(6-12)16-8(11)2/h5,7,9,13H,3-4,6,12H2,1-2H3. The lowest BCUT2D eigenvalue weighted by molar-refractivity contribution is 0.270. The van der Waals surface area contributed by atoms with Gasteiger partial charge in [-0.1, -0.05) is 6.92 Å². The van der Waals surface area contributed by atoms with Gasteiger partial charge in [0.1, 0.15) is 16.4 Å². The number of hydrogen-bond donors (Lipinski definition) is 2. The fourth-order valence-corrected chi connectivity index (χ4v) is 3.64. The van der Waals surface area contributed by atoms with Crippen LogP contribution in [0.3, 0.4) is 0 Å². The Morgan fingerprint density at radius 3 is 2.65 bits per heavy atom. The van der Waals surface area contributed by atoms with Crippen molar-refractivity contribution in [1.29, 1.82) is 0 Å². The van der Waals surface area contributed by atoms with Crippen LogP contribution in [-0.2, 0) is 16.6 Å². The molecule has 1 saturated carbocycles. The quantitative estimate of drug-likeness (QED) is 0.847. The van der Waals surface area contributed by atoms with Gasteiger partial charge >= 0.3 is 0 Å². The van der Waals surface area contributed by atoms with Crippen molar-refractivity contribution in [3.05, 3.63) is 17.6 Å². The summed E-state index contributed by atoms with van der Waals surface area (Å²) in [7, 11) is -3.46. The molecule has 1 aromatic heterocycles. The normalized spacial score (nSPS) is 24.6. The fraction of sp³-hybridized carbons (Fsp3) is 0.636. The van der Waals surface area contributed by atoms with Gasteiger partial charge in [0.15, 0.2) is 0 Å². The molecule has 0 unspecified atom stereocenters. The van der Waals surface area contributed by atoms with Gasteiger partial charge in [0.25, 0.3) is 0 Å². The molecule has 1 aromatic rings. The third-order valence-electron chi connectivity index (χ3n) is 3.11. The van der Waals surface area contributed by atoms with Gasteiger partial charge in [-0.2, -0.15) is 0 Å². The Morgan fingerprint density at radius 1 is 1.53 bits per heavy atom. The van der Waals surface area contributed by atoms with Gasteiger partial charge in [0, 0.05) is 12.1 Å². The maximum atomic E-state index is 12.1. The van der Waals surface area contributed by atoms with E-state index in [2.05, 4.69) is 11.6 Å². The lowest BCUT2D eigenvalue weighted by atomic mass is 9.83. The average molecular weight is 258 g/mol. The topological polar surface area (TPSA) is 85.3 Å². The van der Waals surface area contributed by atoms with Crippen LogP contribution in [0.25, 0.3) is 0 Å². The van der Waals surface area contributed by atoms with Crippen LogP contribution in [0, 0.1) is 12.8 Å². The predicted octanol–water partition coefficient (Wildman–Crippen LogP) is 1.12. The maximum Gasteiger partial charge on any atom is 0.244 e. The summed E-state index contributed by atoms with van der Waals surface area (Å²) < 4.78 is 32.1. The van der Waals surface area contributed by atoms with Gasteiger partial charge in [-0.25, -0.2) is 13.1 Å². The van der Waals surface area contributed by atoms with Crippen molar-refractivity contribution in [3.63, 3.8) is 0 Å². The Bertz CT molecular complexity index is 501. The number of aryl methyl sites for hydroxylation is 1. The highest BCUT2D eigenvalue weighted by Gasteiger charge is 2.31. The van der Waals surface area contributed by atoms with Crippen LogP contribution < -0.4 is 10.5 Å². The summed E-state index contributed by atoms with van der Waals surface area (Å²) in [5.74, 6) is 1.49. The molecule has 0 aliphatic heterocycles. The molecule has 1 fully saturated rings. The molecule has 6 heteroatoms. The molecule has 17 heavy (non-hydrogen) atoms. The zero-order valence-corrected chi connectivity index (χ0v) is 10.9. The zero-order valence-electron chi connectivity index (χ0n) is 10.1. The molecule has 0 radical (unpaired) electrons. The molecule has 5 nitrogen and oxygen atoms in total. The Morgan fingerprint density at radius 2 is 2.18 bits per heavy atom. The minimum absolute atomic E-state index is 0.0608. The van der Waals surface area contributed by atoms with Gasteiger partial charge < -0.3 is 10.2 Å². The largest absolute Gasteiger partial charge is 0.464 e. The monoisotopic (exact) mass is 258 g/mol. The Balaban J connectivity index is 2.16. The summed E-state index contributed by atoms with van der Waals surface area (Å²) in [6.07, 6.45) is 1.81. The second-order valence-corrected chi connectivity index (χ2v) is 6.41. The van der Waals surface area contributed by atoms with Crippen molar-refractivity contribution < 1.29 is 12.8 Å². The molecule has 0 bridgehead atoms. The van der Waals surface area contributed by atoms with Crippen LogP contribution in [-0.4, -0.2) is 14.5 Å². The van der Waals surface area contributed by atoms with Crippen molar-refractivity contribution in [2.45, 2.75) is 44.2 Å². The minimum Gasteiger partial charge on any atom is -0.464 e. The maximum absolute atomic E-state index is 12.1. The minimum atomic E-state index is -3.46. The predicted molar refractivity (Wildman–Crippen MR) is 63.8 cm³/mol. The van der Waals surface area contributed by atoms with E-state index in [4.69, 9.17) is 10.2 Å². The summed E-state index contributed by atoms with van der Waals surface area (Å²) in [5, 5.41) is 0. The van der Waals surface area contributed by atoms with E-state index in [0.29, 0.717) is 17.4 Å². The Kier molecular flexibility index (Phi) is 3.29. The van der Waals surface area contributed by atoms with Crippen LogP contribution in [0.5, 0.6) is 0 Å². The zero-order chi connectivity index (χ0) is 12.6. The number of rotatable bonds is 4. The highest BCUT2D eigenvalue weighted by molar-refractivity contribution is 7.89. The second kappa shape index (κ2) is 4.44. The summed E-state index contributed by atoms with van der Waals surface area (Å²) >= 11 is 0. The van der Waals surface area contributed by atoms with E-state index in [1.54, 1.807) is 6.92 Å². The molecule has 0 saturated heterocycles. The van der Waals surface area contributed by atoms with Gasteiger partial charge in [-0.05, 0) is 25.7 Å². The van der Waals surface area contributed by atoms with Crippen LogP contribution in [0.4, 0.5) is 0 Å². The molecule has 96 valence electrons. The van der Waals surface area contributed by atoms with Crippen molar-refractivity contribution in [1.82, 2.24) is 4.72 Å². The second-order valence-electron chi connectivity index (χ2n) is 4.73. The molecule has 0 aromatic carbocycles. The van der Waals surface area contributed by atoms with Crippen LogP contribution >= 0.6 is 0 Å². The van der Waals surface area contributed by atoms with Gasteiger partial charge in [0.05, 0.1) is 6.54 Å². The van der Waals surface area contributed by atoms with Crippen LogP contribution in [0.1, 0.15) is 31.3 Å². The molecule has 0 amide bonds. The highest BCUT2D eigenvalue weighted by Crippen LogP contribution is 2.28. The third-order valence-corrected chi connectivity index (χ3v) is 4.74. The van der Waals surface area contributed by atoms with E-state index in [0.717, 1.165) is 12.8 Å². The van der Waals surface area contributed by atoms with Crippen molar-refractivity contribution >= 4 is 10.0 Å². The SMILES string of the molecule is Cc1oc(CN)cc1S(=O)(=O)NC1CC(C)C1. The first-order chi connectivity index (χ1) is 7.92. The lowest BCUT2D eigenvalue weighted by Crippen LogP contribution is -2.43. The molecule has 2 rings (SSSR count). The molecule has 1 aliphatic carbocycles. The van der Waals surface area contributed by atoms with Crippen molar-refractivity contribution in [3.8, 4) is 0 Å². The number of sulfonamides is 1. The van der Waals surface area contributed by atoms with E-state index in [-0.39, 0.29) is 17.5 Å². The first kappa shape index (κ1) is 12.6.